The van der Waals surface area contributed by atoms with Crippen molar-refractivity contribution in [3.05, 3.63) is 28.2 Å². The number of nitrogens with two attached hydrogens (primary N) is 1. The van der Waals surface area contributed by atoms with E-state index in [0.717, 1.165) is 29.2 Å². The van der Waals surface area contributed by atoms with Gasteiger partial charge in [-0.2, -0.15) is 0 Å². The van der Waals surface area contributed by atoms with Gasteiger partial charge in [0.1, 0.15) is 0 Å². The van der Waals surface area contributed by atoms with Crippen molar-refractivity contribution in [2.24, 2.45) is 5.92 Å². The number of nitrogens with one attached hydrogen (secondary N) is 1. The van der Waals surface area contributed by atoms with E-state index in [0.29, 0.717) is 0 Å². The Morgan fingerprint density at radius 3 is 2.80 bits per heavy atom. The van der Waals surface area contributed by atoms with Crippen LogP contribution in [0.2, 0.25) is 0 Å². The fourth-order valence-corrected chi connectivity index (χ4v) is 1.70. The van der Waals surface area contributed by atoms with Gasteiger partial charge in [0, 0.05) is 16.7 Å². The highest BCUT2D eigenvalue weighted by Gasteiger charge is 2.01. The molecule has 0 spiro atoms. The molecule has 0 aliphatic carbocycles. The predicted molar refractivity (Wildman–Crippen MR) is 69.7 cm³/mol. The van der Waals surface area contributed by atoms with Crippen molar-refractivity contribution in [2.45, 2.75) is 26.8 Å². The van der Waals surface area contributed by atoms with Gasteiger partial charge in [-0.15, -0.1) is 0 Å². The van der Waals surface area contributed by atoms with Crippen molar-refractivity contribution < 1.29 is 0 Å². The molecule has 1 unspecified atom stereocenters. The Hall–Kier alpha value is -0.540. The zero-order valence-electron chi connectivity index (χ0n) is 9.39. The zero-order valence-corrected chi connectivity index (χ0v) is 11.0. The van der Waals surface area contributed by atoms with E-state index in [-0.39, 0.29) is 0 Å². The molecule has 0 aromatic heterocycles. The van der Waals surface area contributed by atoms with Crippen LogP contribution in [0.15, 0.2) is 22.7 Å². The average molecular weight is 271 g/mol. The third kappa shape index (κ3) is 4.22. The summed E-state index contributed by atoms with van der Waals surface area (Å²) in [5, 5.41) is 3.42. The summed E-state index contributed by atoms with van der Waals surface area (Å²) in [5.74, 6) is 0.724. The molecular weight excluding hydrogens is 252 g/mol. The maximum absolute atomic E-state index is 5.90. The number of rotatable bonds is 5. The van der Waals surface area contributed by atoms with E-state index >= 15 is 0 Å². The van der Waals surface area contributed by atoms with Crippen LogP contribution in [0.1, 0.15) is 25.8 Å². The average Bonchev–Trinajstić information content (AvgIpc) is 2.21. The van der Waals surface area contributed by atoms with E-state index in [9.17, 15) is 0 Å². The third-order valence-corrected chi connectivity index (χ3v) is 3.11. The van der Waals surface area contributed by atoms with E-state index in [2.05, 4.69) is 41.2 Å². The monoisotopic (exact) mass is 270 g/mol. The van der Waals surface area contributed by atoms with Gasteiger partial charge in [0.25, 0.3) is 0 Å². The Morgan fingerprint density at radius 1 is 1.47 bits per heavy atom. The maximum atomic E-state index is 5.90. The van der Waals surface area contributed by atoms with Crippen LogP contribution in [0.3, 0.4) is 0 Å². The van der Waals surface area contributed by atoms with Gasteiger partial charge >= 0.3 is 0 Å². The summed E-state index contributed by atoms with van der Waals surface area (Å²) in [4.78, 5) is 0. The second-order valence-corrected chi connectivity index (χ2v) is 4.90. The molecule has 1 aromatic rings. The molecule has 15 heavy (non-hydrogen) atoms. The van der Waals surface area contributed by atoms with Crippen molar-refractivity contribution in [2.75, 3.05) is 12.3 Å². The molecule has 0 saturated carbocycles. The molecule has 0 bridgehead atoms. The molecule has 0 aliphatic rings. The van der Waals surface area contributed by atoms with E-state index in [1.165, 1.54) is 12.0 Å². The van der Waals surface area contributed by atoms with Crippen LogP contribution < -0.4 is 11.1 Å². The van der Waals surface area contributed by atoms with Gasteiger partial charge in [-0.05, 0) is 30.2 Å². The molecule has 0 amide bonds. The number of halogens is 1. The lowest BCUT2D eigenvalue weighted by atomic mass is 10.1. The van der Waals surface area contributed by atoms with E-state index < -0.39 is 0 Å². The molecular formula is C12H19BrN2. The summed E-state index contributed by atoms with van der Waals surface area (Å²) >= 11 is 3.40. The predicted octanol–water partition coefficient (Wildman–Crippen LogP) is 3.17. The van der Waals surface area contributed by atoms with Crippen LogP contribution in [0, 0.1) is 5.92 Å². The first kappa shape index (κ1) is 12.5. The van der Waals surface area contributed by atoms with Crippen LogP contribution >= 0.6 is 15.9 Å². The second-order valence-electron chi connectivity index (χ2n) is 3.99. The molecule has 1 atom stereocenters. The highest BCUT2D eigenvalue weighted by atomic mass is 79.9. The van der Waals surface area contributed by atoms with Crippen LogP contribution in [-0.2, 0) is 6.54 Å². The molecule has 0 heterocycles. The molecule has 1 aromatic carbocycles. The Morgan fingerprint density at radius 2 is 2.20 bits per heavy atom. The summed E-state index contributed by atoms with van der Waals surface area (Å²) in [6.45, 7) is 6.35. The highest BCUT2D eigenvalue weighted by Crippen LogP contribution is 2.18. The van der Waals surface area contributed by atoms with E-state index in [4.69, 9.17) is 5.73 Å². The molecule has 3 N–H and O–H groups in total. The van der Waals surface area contributed by atoms with Gasteiger partial charge in [-0.25, -0.2) is 0 Å². The SMILES string of the molecule is CCC(C)CNCc1ccc(Br)cc1N. The van der Waals surface area contributed by atoms with Gasteiger partial charge in [0.2, 0.25) is 0 Å². The molecule has 3 heteroatoms. The molecule has 0 radical (unpaired) electrons. The van der Waals surface area contributed by atoms with Crippen molar-refractivity contribution in [3.8, 4) is 0 Å². The highest BCUT2D eigenvalue weighted by molar-refractivity contribution is 9.10. The van der Waals surface area contributed by atoms with E-state index in [1.54, 1.807) is 0 Å². The number of anilines is 1. The van der Waals surface area contributed by atoms with Crippen molar-refractivity contribution in [3.63, 3.8) is 0 Å². The fourth-order valence-electron chi connectivity index (χ4n) is 1.32. The summed E-state index contributed by atoms with van der Waals surface area (Å²) in [6, 6.07) is 6.03. The summed E-state index contributed by atoms with van der Waals surface area (Å²) in [5.41, 5.74) is 7.92. The summed E-state index contributed by atoms with van der Waals surface area (Å²) in [7, 11) is 0. The first-order valence-electron chi connectivity index (χ1n) is 5.38. The summed E-state index contributed by atoms with van der Waals surface area (Å²) in [6.07, 6.45) is 1.21. The normalized spacial score (nSPS) is 12.7. The minimum Gasteiger partial charge on any atom is -0.398 e. The van der Waals surface area contributed by atoms with Crippen LogP contribution in [-0.4, -0.2) is 6.54 Å². The van der Waals surface area contributed by atoms with Crippen LogP contribution in [0.5, 0.6) is 0 Å². The largest absolute Gasteiger partial charge is 0.398 e. The Kier molecular flexibility index (Phi) is 5.12. The quantitative estimate of drug-likeness (QED) is 0.807. The van der Waals surface area contributed by atoms with Crippen LogP contribution in [0.4, 0.5) is 5.69 Å². The van der Waals surface area contributed by atoms with Crippen molar-refractivity contribution in [1.29, 1.82) is 0 Å². The Balaban J connectivity index is 2.44. The molecule has 0 fully saturated rings. The molecule has 0 saturated heterocycles. The fraction of sp³-hybridized carbons (Fsp3) is 0.500. The van der Waals surface area contributed by atoms with Crippen molar-refractivity contribution in [1.82, 2.24) is 5.32 Å². The minimum atomic E-state index is 0.724. The number of nitrogen functional groups attached to an aromatic ring is 1. The zero-order chi connectivity index (χ0) is 11.3. The van der Waals surface area contributed by atoms with Crippen LogP contribution in [0.25, 0.3) is 0 Å². The standard InChI is InChI=1S/C12H19BrN2/c1-3-9(2)7-15-8-10-4-5-11(13)6-12(10)14/h4-6,9,15H,3,7-8,14H2,1-2H3. The third-order valence-electron chi connectivity index (χ3n) is 2.61. The molecule has 2 nitrogen and oxygen atoms in total. The van der Waals surface area contributed by atoms with Gasteiger partial charge < -0.3 is 11.1 Å². The van der Waals surface area contributed by atoms with Gasteiger partial charge in [-0.1, -0.05) is 42.3 Å². The van der Waals surface area contributed by atoms with Gasteiger partial charge in [0.05, 0.1) is 0 Å². The van der Waals surface area contributed by atoms with Crippen molar-refractivity contribution >= 4 is 21.6 Å². The lowest BCUT2D eigenvalue weighted by molar-refractivity contribution is 0.500. The maximum Gasteiger partial charge on any atom is 0.0370 e. The first-order chi connectivity index (χ1) is 7.13. The van der Waals surface area contributed by atoms with Gasteiger partial charge in [-0.3, -0.25) is 0 Å². The smallest absolute Gasteiger partial charge is 0.0370 e. The van der Waals surface area contributed by atoms with Gasteiger partial charge in [0.15, 0.2) is 0 Å². The number of benzene rings is 1. The Labute approximate surface area is 100 Å². The molecule has 1 rings (SSSR count). The second kappa shape index (κ2) is 6.13. The first-order valence-corrected chi connectivity index (χ1v) is 6.17. The lowest BCUT2D eigenvalue weighted by Gasteiger charge is -2.11. The molecule has 84 valence electrons. The summed E-state index contributed by atoms with van der Waals surface area (Å²) < 4.78 is 1.03. The topological polar surface area (TPSA) is 38.0 Å². The number of hydrogen-bond donors (Lipinski definition) is 2. The number of hydrogen-bond acceptors (Lipinski definition) is 2. The minimum absolute atomic E-state index is 0.724. The Bertz CT molecular complexity index is 312. The van der Waals surface area contributed by atoms with E-state index in [1.807, 2.05) is 12.1 Å². The molecule has 0 aliphatic heterocycles. The lowest BCUT2D eigenvalue weighted by Crippen LogP contribution is -2.20.